The number of carbonyl (C=O) groups is 1. The minimum Gasteiger partial charge on any atom is -0.497 e. The van der Waals surface area contributed by atoms with Crippen LogP contribution in [0, 0.1) is 20.2 Å². The molecule has 3 aromatic carbocycles. The minimum atomic E-state index is -0.526. The molecule has 0 aromatic heterocycles. The predicted molar refractivity (Wildman–Crippen MR) is 121 cm³/mol. The van der Waals surface area contributed by atoms with E-state index in [-0.39, 0.29) is 16.9 Å². The normalized spacial score (nSPS) is 14.3. The fourth-order valence-electron chi connectivity index (χ4n) is 3.26. The highest BCUT2D eigenvalue weighted by Crippen LogP contribution is 2.30. The van der Waals surface area contributed by atoms with Gasteiger partial charge in [-0.3, -0.25) is 25.0 Å². The van der Waals surface area contributed by atoms with Gasteiger partial charge in [-0.1, -0.05) is 0 Å². The molecule has 0 unspecified atom stereocenters. The van der Waals surface area contributed by atoms with Gasteiger partial charge in [0.15, 0.2) is 0 Å². The highest BCUT2D eigenvalue weighted by Gasteiger charge is 2.32. The molecule has 0 fully saturated rings. The first-order chi connectivity index (χ1) is 15.9. The SMILES string of the molecule is COc1ccc(C2=NN(c3ccc([N+](=O)[O-])cc3)C(=O)/C2=C/c2ccc([N+](=O)[O-])cc2)cc1. The number of non-ortho nitro benzene ring substituents is 2. The molecule has 0 spiro atoms. The number of carbonyl (C=O) groups excluding carboxylic acids is 1. The Bertz CT molecular complexity index is 1300. The summed E-state index contributed by atoms with van der Waals surface area (Å²) in [5.74, 6) is 0.199. The maximum Gasteiger partial charge on any atom is 0.281 e. The molecule has 1 amide bonds. The summed E-state index contributed by atoms with van der Waals surface area (Å²) in [6, 6.07) is 18.3. The molecule has 0 bridgehead atoms. The summed E-state index contributed by atoms with van der Waals surface area (Å²) in [5, 5.41) is 27.5. The Labute approximate surface area is 187 Å². The molecule has 0 aliphatic carbocycles. The van der Waals surface area contributed by atoms with Crippen molar-refractivity contribution < 1.29 is 19.4 Å². The van der Waals surface area contributed by atoms with Gasteiger partial charge in [0.1, 0.15) is 11.5 Å². The molecular weight excluding hydrogens is 428 g/mol. The van der Waals surface area contributed by atoms with Crippen molar-refractivity contribution in [2.75, 3.05) is 12.1 Å². The van der Waals surface area contributed by atoms with E-state index in [1.54, 1.807) is 49.6 Å². The van der Waals surface area contributed by atoms with Crippen molar-refractivity contribution in [1.29, 1.82) is 0 Å². The molecule has 0 N–H and O–H groups in total. The van der Waals surface area contributed by atoms with E-state index in [0.29, 0.717) is 28.3 Å². The highest BCUT2D eigenvalue weighted by atomic mass is 16.6. The van der Waals surface area contributed by atoms with Crippen molar-refractivity contribution >= 4 is 34.8 Å². The number of hydrogen-bond donors (Lipinski definition) is 0. The Balaban J connectivity index is 1.77. The zero-order chi connectivity index (χ0) is 23.5. The van der Waals surface area contributed by atoms with Crippen LogP contribution < -0.4 is 9.75 Å². The molecule has 0 atom stereocenters. The Morgan fingerprint density at radius 3 is 1.91 bits per heavy atom. The number of nitrogens with zero attached hydrogens (tertiary/aromatic N) is 4. The first-order valence-electron chi connectivity index (χ1n) is 9.66. The quantitative estimate of drug-likeness (QED) is 0.316. The van der Waals surface area contributed by atoms with E-state index in [1.807, 2.05) is 0 Å². The molecular formula is C23H16N4O6. The predicted octanol–water partition coefficient (Wildman–Crippen LogP) is 4.35. The average Bonchev–Trinajstić information content (AvgIpc) is 3.15. The number of hydrazone groups is 1. The maximum absolute atomic E-state index is 13.3. The molecule has 4 rings (SSSR count). The lowest BCUT2D eigenvalue weighted by atomic mass is 10.00. The number of nitro groups is 2. The first kappa shape index (κ1) is 21.4. The zero-order valence-corrected chi connectivity index (χ0v) is 17.2. The summed E-state index contributed by atoms with van der Waals surface area (Å²) in [6.07, 6.45) is 1.60. The molecule has 10 nitrogen and oxygen atoms in total. The molecule has 10 heteroatoms. The van der Waals surface area contributed by atoms with Crippen LogP contribution in [0.2, 0.25) is 0 Å². The van der Waals surface area contributed by atoms with Gasteiger partial charge in [0, 0.05) is 29.8 Å². The third kappa shape index (κ3) is 4.30. The smallest absolute Gasteiger partial charge is 0.281 e. The monoisotopic (exact) mass is 444 g/mol. The van der Waals surface area contributed by atoms with Gasteiger partial charge in [-0.15, -0.1) is 0 Å². The lowest BCUT2D eigenvalue weighted by molar-refractivity contribution is -0.385. The standard InChI is InChI=1S/C23H16N4O6/c1-33-20-12-4-16(5-13-20)22-21(14-15-2-6-18(7-3-15)26(29)30)23(28)25(24-22)17-8-10-19(11-9-17)27(31)32/h2-14H,1H3/b21-14+. The van der Waals surface area contributed by atoms with Gasteiger partial charge in [0.25, 0.3) is 17.3 Å². The fraction of sp³-hybridized carbons (Fsp3) is 0.0435. The van der Waals surface area contributed by atoms with Gasteiger partial charge in [0.2, 0.25) is 0 Å². The van der Waals surface area contributed by atoms with Gasteiger partial charge >= 0.3 is 0 Å². The van der Waals surface area contributed by atoms with Gasteiger partial charge in [0.05, 0.1) is 28.2 Å². The first-order valence-corrected chi connectivity index (χ1v) is 9.66. The second-order valence-electron chi connectivity index (χ2n) is 6.97. The van der Waals surface area contributed by atoms with Crippen LogP contribution in [0.3, 0.4) is 0 Å². The maximum atomic E-state index is 13.3. The van der Waals surface area contributed by atoms with E-state index in [1.165, 1.54) is 41.4 Å². The van der Waals surface area contributed by atoms with Gasteiger partial charge in [-0.05, 0) is 60.2 Å². The van der Waals surface area contributed by atoms with Crippen LogP contribution in [0.15, 0.2) is 83.5 Å². The molecule has 33 heavy (non-hydrogen) atoms. The topological polar surface area (TPSA) is 128 Å². The summed E-state index contributed by atoms with van der Waals surface area (Å²) in [6.45, 7) is 0. The number of methoxy groups -OCH3 is 1. The average molecular weight is 444 g/mol. The van der Waals surface area contributed by atoms with Gasteiger partial charge in [-0.2, -0.15) is 10.1 Å². The summed E-state index contributed by atoms with van der Waals surface area (Å²) in [5.41, 5.74) is 2.09. The molecule has 3 aromatic rings. The number of nitro benzene ring substituents is 2. The highest BCUT2D eigenvalue weighted by molar-refractivity contribution is 6.37. The van der Waals surface area contributed by atoms with Crippen LogP contribution in [0.25, 0.3) is 6.08 Å². The van der Waals surface area contributed by atoms with E-state index in [9.17, 15) is 25.0 Å². The van der Waals surface area contributed by atoms with Crippen LogP contribution in [-0.4, -0.2) is 28.6 Å². The second-order valence-corrected chi connectivity index (χ2v) is 6.97. The van der Waals surface area contributed by atoms with Crippen molar-refractivity contribution in [3.8, 4) is 5.75 Å². The van der Waals surface area contributed by atoms with E-state index in [2.05, 4.69) is 5.10 Å². The van der Waals surface area contributed by atoms with E-state index < -0.39 is 15.8 Å². The number of rotatable bonds is 6. The lowest BCUT2D eigenvalue weighted by Crippen LogP contribution is -2.21. The molecule has 0 radical (unpaired) electrons. The zero-order valence-electron chi connectivity index (χ0n) is 17.2. The van der Waals surface area contributed by atoms with E-state index in [4.69, 9.17) is 4.74 Å². The largest absolute Gasteiger partial charge is 0.497 e. The summed E-state index contributed by atoms with van der Waals surface area (Å²) < 4.78 is 5.18. The molecule has 1 heterocycles. The summed E-state index contributed by atoms with van der Waals surface area (Å²) >= 11 is 0. The molecule has 164 valence electrons. The summed E-state index contributed by atoms with van der Waals surface area (Å²) in [4.78, 5) is 34.1. The van der Waals surface area contributed by atoms with Crippen molar-refractivity contribution in [3.05, 3.63) is 110 Å². The minimum absolute atomic E-state index is 0.0635. The Kier molecular flexibility index (Phi) is 5.64. The van der Waals surface area contributed by atoms with Crippen LogP contribution in [0.5, 0.6) is 5.75 Å². The Morgan fingerprint density at radius 1 is 0.848 bits per heavy atom. The van der Waals surface area contributed by atoms with Crippen LogP contribution in [0.1, 0.15) is 11.1 Å². The van der Waals surface area contributed by atoms with Crippen LogP contribution in [-0.2, 0) is 4.79 Å². The molecule has 0 saturated heterocycles. The number of anilines is 1. The Morgan fingerprint density at radius 2 is 1.39 bits per heavy atom. The van der Waals surface area contributed by atoms with Crippen molar-refractivity contribution in [2.45, 2.75) is 0 Å². The summed E-state index contributed by atoms with van der Waals surface area (Å²) in [7, 11) is 1.54. The third-order valence-electron chi connectivity index (χ3n) is 4.96. The number of benzene rings is 3. The Hall–Kier alpha value is -4.86. The number of hydrogen-bond acceptors (Lipinski definition) is 7. The fourth-order valence-corrected chi connectivity index (χ4v) is 3.26. The van der Waals surface area contributed by atoms with Crippen molar-refractivity contribution in [3.63, 3.8) is 0 Å². The van der Waals surface area contributed by atoms with E-state index in [0.717, 1.165) is 0 Å². The third-order valence-corrected chi connectivity index (χ3v) is 4.96. The number of ether oxygens (including phenoxy) is 1. The van der Waals surface area contributed by atoms with Crippen molar-refractivity contribution in [1.82, 2.24) is 0 Å². The van der Waals surface area contributed by atoms with Gasteiger partial charge < -0.3 is 4.74 Å². The van der Waals surface area contributed by atoms with Crippen LogP contribution in [0.4, 0.5) is 17.1 Å². The molecule has 1 aliphatic rings. The van der Waals surface area contributed by atoms with Gasteiger partial charge in [-0.25, -0.2) is 0 Å². The van der Waals surface area contributed by atoms with Crippen molar-refractivity contribution in [2.24, 2.45) is 5.10 Å². The molecule has 0 saturated carbocycles. The van der Waals surface area contributed by atoms with Crippen LogP contribution >= 0.6 is 0 Å². The molecule has 1 aliphatic heterocycles. The lowest BCUT2D eigenvalue weighted by Gasteiger charge is -2.11. The number of amides is 1. The van der Waals surface area contributed by atoms with E-state index >= 15 is 0 Å². The second kappa shape index (κ2) is 8.71.